The van der Waals surface area contributed by atoms with Crippen LogP contribution in [0.4, 0.5) is 0 Å². The summed E-state index contributed by atoms with van der Waals surface area (Å²) >= 11 is 0. The van der Waals surface area contributed by atoms with Crippen molar-refractivity contribution in [3.8, 4) is 0 Å². The van der Waals surface area contributed by atoms with Crippen molar-refractivity contribution in [2.75, 3.05) is 26.4 Å². The average molecular weight is 1350 g/mol. The molecule has 0 heterocycles. The van der Waals surface area contributed by atoms with Gasteiger partial charge in [0.2, 0.25) is 0 Å². The largest absolute Gasteiger partial charge is 0.472 e. The zero-order valence-corrected chi connectivity index (χ0v) is 63.3. The van der Waals surface area contributed by atoms with Crippen molar-refractivity contribution >= 4 is 19.8 Å². The van der Waals surface area contributed by atoms with Gasteiger partial charge in [-0.25, -0.2) is 4.57 Å². The predicted molar refractivity (Wildman–Crippen MR) is 413 cm³/mol. The molecule has 0 rings (SSSR count). The molecule has 0 aromatic heterocycles. The van der Waals surface area contributed by atoms with Crippen molar-refractivity contribution in [1.29, 1.82) is 0 Å². The smallest absolute Gasteiger partial charge is 0.462 e. The van der Waals surface area contributed by atoms with E-state index in [0.717, 1.165) is 83.5 Å². The Morgan fingerprint density at radius 1 is 0.316 bits per heavy atom. The summed E-state index contributed by atoms with van der Waals surface area (Å²) in [5.41, 5.74) is 5.42. The van der Waals surface area contributed by atoms with Gasteiger partial charge >= 0.3 is 19.8 Å². The molecule has 9 nitrogen and oxygen atoms in total. The summed E-state index contributed by atoms with van der Waals surface area (Å²) in [6.07, 6.45) is 110. The number of ether oxygens (including phenoxy) is 2. The molecule has 0 saturated heterocycles. The molecule has 95 heavy (non-hydrogen) atoms. The highest BCUT2D eigenvalue weighted by molar-refractivity contribution is 7.47. The monoisotopic (exact) mass is 1350 g/mol. The number of allylic oxidation sites excluding steroid dienone is 16. The predicted octanol–water partition coefficient (Wildman–Crippen LogP) is 27.4. The van der Waals surface area contributed by atoms with Crippen molar-refractivity contribution in [2.45, 2.75) is 405 Å². The number of phosphoric ester groups is 1. The standard InChI is InChI=1S/C85H154NO8P/c1-3-5-7-9-11-13-15-17-19-21-23-25-27-29-31-33-35-37-39-41-43-45-47-49-51-53-55-57-59-61-63-65-67-69-71-73-75-77-84(87)91-81-83(82-93-95(89,90)92-80-79-86)94-85(88)78-76-74-72-70-68-66-64-62-60-58-56-54-52-50-48-46-44-42-40-38-36-34-32-30-28-26-24-22-20-18-16-14-12-10-8-6-4-2/h5-8,11-14,17-20,23-26,83H,3-4,9-10,15-16,21-22,27-82,86H2,1-2H3,(H,89,90)/b7-5-,8-6-,13-11-,14-12-,19-17-,20-18-,25-23-,26-24-. The maximum atomic E-state index is 12.8. The summed E-state index contributed by atoms with van der Waals surface area (Å²) in [6, 6.07) is 0. The number of carbonyl (C=O) groups is 2. The quantitative estimate of drug-likeness (QED) is 0.0264. The van der Waals surface area contributed by atoms with Crippen LogP contribution in [0.3, 0.4) is 0 Å². The van der Waals surface area contributed by atoms with E-state index in [2.05, 4.69) is 111 Å². The van der Waals surface area contributed by atoms with Crippen LogP contribution in [0, 0.1) is 0 Å². The molecule has 0 aliphatic rings. The minimum atomic E-state index is -4.40. The Morgan fingerprint density at radius 3 is 0.811 bits per heavy atom. The number of nitrogens with two attached hydrogens (primary N) is 1. The molecule has 0 aliphatic heterocycles. The first kappa shape index (κ1) is 91.9. The van der Waals surface area contributed by atoms with Gasteiger partial charge in [0, 0.05) is 19.4 Å². The first-order chi connectivity index (χ1) is 46.8. The summed E-state index contributed by atoms with van der Waals surface area (Å²) in [5.74, 6) is -0.806. The molecule has 3 N–H and O–H groups in total. The van der Waals surface area contributed by atoms with Crippen LogP contribution in [-0.4, -0.2) is 49.3 Å². The third-order valence-electron chi connectivity index (χ3n) is 18.0. The third kappa shape index (κ3) is 79.8. The van der Waals surface area contributed by atoms with Crippen molar-refractivity contribution in [2.24, 2.45) is 5.73 Å². The molecule has 0 amide bonds. The molecule has 0 spiro atoms. The van der Waals surface area contributed by atoms with E-state index < -0.39 is 26.5 Å². The van der Waals surface area contributed by atoms with E-state index in [1.54, 1.807) is 0 Å². The Labute approximate surface area is 588 Å². The molecule has 0 aromatic rings. The molecule has 10 heteroatoms. The summed E-state index contributed by atoms with van der Waals surface area (Å²) in [7, 11) is -4.40. The number of hydrogen-bond acceptors (Lipinski definition) is 8. The molecule has 0 radical (unpaired) electrons. The minimum absolute atomic E-state index is 0.0543. The van der Waals surface area contributed by atoms with Gasteiger partial charge in [-0.3, -0.25) is 18.6 Å². The Kier molecular flexibility index (Phi) is 77.3. The van der Waals surface area contributed by atoms with Gasteiger partial charge in [-0.05, 0) is 89.9 Å². The van der Waals surface area contributed by atoms with E-state index in [1.165, 1.54) is 283 Å². The number of rotatable bonds is 77. The van der Waals surface area contributed by atoms with Crippen molar-refractivity contribution < 1.29 is 37.6 Å². The van der Waals surface area contributed by atoms with E-state index in [4.69, 9.17) is 24.3 Å². The molecular weight excluding hydrogens is 1190 g/mol. The van der Waals surface area contributed by atoms with Crippen LogP contribution in [0.1, 0.15) is 399 Å². The van der Waals surface area contributed by atoms with Crippen LogP contribution >= 0.6 is 7.82 Å². The Morgan fingerprint density at radius 2 is 0.547 bits per heavy atom. The average Bonchev–Trinajstić information content (AvgIpc) is 1.55. The van der Waals surface area contributed by atoms with Gasteiger partial charge in [0.05, 0.1) is 13.2 Å². The lowest BCUT2D eigenvalue weighted by Gasteiger charge is -2.19. The normalized spacial score (nSPS) is 13.3. The van der Waals surface area contributed by atoms with Gasteiger partial charge in [0.25, 0.3) is 0 Å². The third-order valence-corrected chi connectivity index (χ3v) is 18.9. The highest BCUT2D eigenvalue weighted by atomic mass is 31.2. The van der Waals surface area contributed by atoms with Crippen LogP contribution < -0.4 is 5.73 Å². The van der Waals surface area contributed by atoms with Gasteiger partial charge in [0.1, 0.15) is 6.61 Å². The van der Waals surface area contributed by atoms with E-state index >= 15 is 0 Å². The molecule has 0 fully saturated rings. The highest BCUT2D eigenvalue weighted by Gasteiger charge is 2.26. The lowest BCUT2D eigenvalue weighted by atomic mass is 10.0. The van der Waals surface area contributed by atoms with E-state index in [1.807, 2.05) is 0 Å². The van der Waals surface area contributed by atoms with Crippen LogP contribution in [-0.2, 0) is 32.7 Å². The molecule has 552 valence electrons. The zero-order valence-electron chi connectivity index (χ0n) is 62.4. The van der Waals surface area contributed by atoms with E-state index in [9.17, 15) is 19.0 Å². The number of unbranched alkanes of at least 4 members (excludes halogenated alkanes) is 48. The summed E-state index contributed by atoms with van der Waals surface area (Å²) in [5, 5.41) is 0. The number of esters is 2. The van der Waals surface area contributed by atoms with Gasteiger partial charge < -0.3 is 20.1 Å². The fourth-order valence-electron chi connectivity index (χ4n) is 12.0. The molecular formula is C85H154NO8P. The number of hydrogen-bond donors (Lipinski definition) is 2. The lowest BCUT2D eigenvalue weighted by Crippen LogP contribution is -2.29. The Hall–Kier alpha value is -3.07. The first-order valence-electron chi connectivity index (χ1n) is 40.7. The van der Waals surface area contributed by atoms with Gasteiger partial charge in [-0.15, -0.1) is 0 Å². The van der Waals surface area contributed by atoms with Crippen molar-refractivity contribution in [3.05, 3.63) is 97.2 Å². The second-order valence-corrected chi connectivity index (χ2v) is 28.7. The van der Waals surface area contributed by atoms with Crippen LogP contribution in [0.2, 0.25) is 0 Å². The molecule has 0 bridgehead atoms. The maximum absolute atomic E-state index is 12.8. The van der Waals surface area contributed by atoms with Gasteiger partial charge in [-0.1, -0.05) is 394 Å². The number of carbonyl (C=O) groups excluding carboxylic acids is 2. The van der Waals surface area contributed by atoms with Gasteiger partial charge in [0.15, 0.2) is 6.10 Å². The molecule has 0 saturated carbocycles. The highest BCUT2D eigenvalue weighted by Crippen LogP contribution is 2.43. The van der Waals surface area contributed by atoms with Crippen LogP contribution in [0.5, 0.6) is 0 Å². The summed E-state index contributed by atoms with van der Waals surface area (Å²) < 4.78 is 33.3. The lowest BCUT2D eigenvalue weighted by molar-refractivity contribution is -0.161. The fourth-order valence-corrected chi connectivity index (χ4v) is 12.8. The van der Waals surface area contributed by atoms with Crippen molar-refractivity contribution in [3.63, 3.8) is 0 Å². The van der Waals surface area contributed by atoms with E-state index in [0.29, 0.717) is 6.42 Å². The molecule has 2 atom stereocenters. The zero-order chi connectivity index (χ0) is 68.6. The maximum Gasteiger partial charge on any atom is 0.472 e. The second-order valence-electron chi connectivity index (χ2n) is 27.2. The van der Waals surface area contributed by atoms with Crippen molar-refractivity contribution in [1.82, 2.24) is 0 Å². The summed E-state index contributed by atoms with van der Waals surface area (Å²) in [6.45, 7) is 3.58. The Balaban J connectivity index is 3.75. The van der Waals surface area contributed by atoms with Crippen LogP contribution in [0.25, 0.3) is 0 Å². The molecule has 0 aliphatic carbocycles. The van der Waals surface area contributed by atoms with Gasteiger partial charge in [-0.2, -0.15) is 0 Å². The minimum Gasteiger partial charge on any atom is -0.462 e. The Bertz CT molecular complexity index is 1890. The van der Waals surface area contributed by atoms with Crippen LogP contribution in [0.15, 0.2) is 97.2 Å². The SMILES string of the molecule is CC/C=C\C/C=C\C/C=C\C/C=C\CCCCCCCCCCCCCCCCCCCCCCCCCCC(=O)OCC(COP(=O)(O)OCCN)OC(=O)CCCCCCCCCCCCCCCCCCCCCCCCCC/C=C\C/C=C\C/C=C\C/C=C\CC. The fraction of sp³-hybridized carbons (Fsp3) is 0.788. The van der Waals surface area contributed by atoms with E-state index in [-0.39, 0.29) is 38.6 Å². The topological polar surface area (TPSA) is 134 Å². The first-order valence-corrected chi connectivity index (χ1v) is 42.2. The molecule has 2 unspecified atom stereocenters. The second kappa shape index (κ2) is 79.9. The number of phosphoric acid groups is 1. The molecule has 0 aromatic carbocycles. The summed E-state index contributed by atoms with van der Waals surface area (Å²) in [4.78, 5) is 35.5.